The molecule has 20 heavy (non-hydrogen) atoms. The third kappa shape index (κ3) is 3.02. The highest BCUT2D eigenvalue weighted by Crippen LogP contribution is 2.28. The second-order valence-corrected chi connectivity index (χ2v) is 7.49. The van der Waals surface area contributed by atoms with E-state index in [0.717, 1.165) is 17.1 Å². The van der Waals surface area contributed by atoms with E-state index in [2.05, 4.69) is 0 Å². The maximum absolute atomic E-state index is 13.8. The van der Waals surface area contributed by atoms with Crippen molar-refractivity contribution in [2.24, 2.45) is 5.92 Å². The summed E-state index contributed by atoms with van der Waals surface area (Å²) in [5, 5.41) is 9.77. The summed E-state index contributed by atoms with van der Waals surface area (Å²) in [7, 11) is -2.42. The Morgan fingerprint density at radius 3 is 2.65 bits per heavy atom. The fraction of sp³-hybridized carbons (Fsp3) is 0.571. The van der Waals surface area contributed by atoms with Crippen LogP contribution in [0.5, 0.6) is 0 Å². The molecule has 1 N–H and O–H groups in total. The predicted molar refractivity (Wildman–Crippen MR) is 74.3 cm³/mol. The lowest BCUT2D eigenvalue weighted by atomic mass is 10.1. The van der Waals surface area contributed by atoms with Crippen molar-refractivity contribution in [3.63, 3.8) is 0 Å². The highest BCUT2D eigenvalue weighted by molar-refractivity contribution is 7.89. The van der Waals surface area contributed by atoms with Gasteiger partial charge in [-0.05, 0) is 43.4 Å². The number of aliphatic hydroxyl groups excluding tert-OH is 1. The van der Waals surface area contributed by atoms with E-state index in [1.807, 2.05) is 0 Å². The van der Waals surface area contributed by atoms with Gasteiger partial charge in [0.15, 0.2) is 0 Å². The zero-order chi connectivity index (χ0) is 14.9. The Morgan fingerprint density at radius 2 is 2.10 bits per heavy atom. The van der Waals surface area contributed by atoms with Crippen molar-refractivity contribution < 1.29 is 17.9 Å². The molecule has 0 saturated heterocycles. The van der Waals surface area contributed by atoms with Crippen molar-refractivity contribution in [2.45, 2.75) is 37.2 Å². The highest BCUT2D eigenvalue weighted by atomic mass is 32.2. The van der Waals surface area contributed by atoms with Crippen LogP contribution in [-0.4, -0.2) is 37.5 Å². The van der Waals surface area contributed by atoms with E-state index in [9.17, 15) is 17.9 Å². The molecule has 0 heterocycles. The average Bonchev–Trinajstić information content (AvgIpc) is 2.74. The molecule has 1 aliphatic rings. The predicted octanol–water partition coefficient (Wildman–Crippen LogP) is 1.92. The molecule has 0 radical (unpaired) electrons. The van der Waals surface area contributed by atoms with Gasteiger partial charge in [0.05, 0.1) is 6.10 Å². The second-order valence-electron chi connectivity index (χ2n) is 5.48. The molecule has 0 aliphatic heterocycles. The molecule has 0 amide bonds. The lowest BCUT2D eigenvalue weighted by molar-refractivity contribution is 0.123. The number of hydrogen-bond acceptors (Lipinski definition) is 3. The van der Waals surface area contributed by atoms with Crippen molar-refractivity contribution in [1.82, 2.24) is 4.31 Å². The Morgan fingerprint density at radius 1 is 1.40 bits per heavy atom. The van der Waals surface area contributed by atoms with Crippen LogP contribution < -0.4 is 0 Å². The molecule has 0 spiro atoms. The Labute approximate surface area is 119 Å². The molecule has 112 valence electrons. The van der Waals surface area contributed by atoms with E-state index in [-0.39, 0.29) is 17.4 Å². The summed E-state index contributed by atoms with van der Waals surface area (Å²) in [6.45, 7) is 1.93. The fourth-order valence-corrected chi connectivity index (χ4v) is 3.91. The minimum absolute atomic E-state index is 0.0664. The maximum atomic E-state index is 13.8. The summed E-state index contributed by atoms with van der Waals surface area (Å²) in [5.41, 5.74) is 0.676. The molecule has 6 heteroatoms. The number of rotatable bonds is 4. The molecular weight excluding hydrogens is 281 g/mol. The van der Waals surface area contributed by atoms with Gasteiger partial charge in [-0.3, -0.25) is 0 Å². The van der Waals surface area contributed by atoms with Gasteiger partial charge in [-0.2, -0.15) is 0 Å². The average molecular weight is 301 g/mol. The molecule has 2 rings (SSSR count). The lowest BCUT2D eigenvalue weighted by Crippen LogP contribution is -2.34. The van der Waals surface area contributed by atoms with E-state index in [1.165, 1.54) is 19.2 Å². The summed E-state index contributed by atoms with van der Waals surface area (Å²) in [6, 6.07) is 4.08. The molecular formula is C14H20FNO3S. The minimum Gasteiger partial charge on any atom is -0.393 e. The molecule has 2 atom stereocenters. The van der Waals surface area contributed by atoms with Crippen LogP contribution in [0.3, 0.4) is 0 Å². The highest BCUT2D eigenvalue weighted by Gasteiger charge is 2.31. The fourth-order valence-electron chi connectivity index (χ4n) is 2.64. The molecule has 4 nitrogen and oxygen atoms in total. The SMILES string of the molecule is Cc1ccc(S(=O)(=O)N(C)CC2CCCC2O)c(F)c1. The van der Waals surface area contributed by atoms with Gasteiger partial charge < -0.3 is 5.11 Å². The van der Waals surface area contributed by atoms with E-state index >= 15 is 0 Å². The molecule has 0 bridgehead atoms. The van der Waals surface area contributed by atoms with Crippen LogP contribution >= 0.6 is 0 Å². The molecule has 1 aliphatic carbocycles. The lowest BCUT2D eigenvalue weighted by Gasteiger charge is -2.23. The van der Waals surface area contributed by atoms with Gasteiger partial charge in [0.25, 0.3) is 0 Å². The number of sulfonamides is 1. The van der Waals surface area contributed by atoms with Gasteiger partial charge in [-0.25, -0.2) is 17.1 Å². The van der Waals surface area contributed by atoms with Crippen LogP contribution in [0.15, 0.2) is 23.1 Å². The molecule has 2 unspecified atom stereocenters. The monoisotopic (exact) mass is 301 g/mol. The Balaban J connectivity index is 2.20. The first kappa shape index (κ1) is 15.4. The summed E-state index contributed by atoms with van der Waals surface area (Å²) in [5.74, 6) is -0.799. The number of hydrogen-bond donors (Lipinski definition) is 1. The number of halogens is 1. The number of benzene rings is 1. The molecule has 0 aromatic heterocycles. The van der Waals surface area contributed by atoms with Crippen molar-refractivity contribution in [3.8, 4) is 0 Å². The van der Waals surface area contributed by atoms with Gasteiger partial charge in [-0.15, -0.1) is 0 Å². The van der Waals surface area contributed by atoms with Crippen LogP contribution in [0, 0.1) is 18.7 Å². The number of aryl methyl sites for hydroxylation is 1. The van der Waals surface area contributed by atoms with Gasteiger partial charge in [0.1, 0.15) is 10.7 Å². The van der Waals surface area contributed by atoms with Crippen LogP contribution in [0.4, 0.5) is 4.39 Å². The largest absolute Gasteiger partial charge is 0.393 e. The second kappa shape index (κ2) is 5.79. The van der Waals surface area contributed by atoms with Crippen molar-refractivity contribution in [1.29, 1.82) is 0 Å². The quantitative estimate of drug-likeness (QED) is 0.924. The summed E-state index contributed by atoms with van der Waals surface area (Å²) >= 11 is 0. The topological polar surface area (TPSA) is 57.6 Å². The number of nitrogens with zero attached hydrogens (tertiary/aromatic N) is 1. The van der Waals surface area contributed by atoms with E-state index in [1.54, 1.807) is 13.0 Å². The summed E-state index contributed by atoms with van der Waals surface area (Å²) < 4.78 is 39.7. The van der Waals surface area contributed by atoms with E-state index in [0.29, 0.717) is 12.0 Å². The Kier molecular flexibility index (Phi) is 4.46. The third-order valence-corrected chi connectivity index (χ3v) is 5.74. The standard InChI is InChI=1S/C14H20FNO3S/c1-10-6-7-14(12(15)8-10)20(18,19)16(2)9-11-4-3-5-13(11)17/h6-8,11,13,17H,3-5,9H2,1-2H3. The first-order chi connectivity index (χ1) is 9.32. The Bertz CT molecular complexity index is 588. The molecule has 1 saturated carbocycles. The van der Waals surface area contributed by atoms with Gasteiger partial charge in [-0.1, -0.05) is 12.5 Å². The van der Waals surface area contributed by atoms with Crippen LogP contribution in [0.25, 0.3) is 0 Å². The first-order valence-corrected chi connectivity index (χ1v) is 8.17. The number of aliphatic hydroxyl groups is 1. The zero-order valence-electron chi connectivity index (χ0n) is 11.7. The van der Waals surface area contributed by atoms with Crippen molar-refractivity contribution >= 4 is 10.0 Å². The van der Waals surface area contributed by atoms with E-state index in [4.69, 9.17) is 0 Å². The van der Waals surface area contributed by atoms with Gasteiger partial charge in [0, 0.05) is 13.6 Å². The normalized spacial score (nSPS) is 23.4. The zero-order valence-corrected chi connectivity index (χ0v) is 12.5. The van der Waals surface area contributed by atoms with Gasteiger partial charge >= 0.3 is 0 Å². The van der Waals surface area contributed by atoms with Crippen molar-refractivity contribution in [2.75, 3.05) is 13.6 Å². The Hall–Kier alpha value is -0.980. The molecule has 1 aromatic rings. The maximum Gasteiger partial charge on any atom is 0.245 e. The van der Waals surface area contributed by atoms with Gasteiger partial charge in [0.2, 0.25) is 10.0 Å². The minimum atomic E-state index is -3.85. The smallest absolute Gasteiger partial charge is 0.245 e. The van der Waals surface area contributed by atoms with Crippen molar-refractivity contribution in [3.05, 3.63) is 29.6 Å². The summed E-state index contributed by atoms with van der Waals surface area (Å²) in [6.07, 6.45) is 1.95. The van der Waals surface area contributed by atoms with Crippen LogP contribution in [-0.2, 0) is 10.0 Å². The van der Waals surface area contributed by atoms with Crippen LogP contribution in [0.2, 0.25) is 0 Å². The molecule has 1 fully saturated rings. The first-order valence-electron chi connectivity index (χ1n) is 6.73. The summed E-state index contributed by atoms with van der Waals surface area (Å²) in [4.78, 5) is -0.307. The molecule has 1 aromatic carbocycles. The third-order valence-electron chi connectivity index (χ3n) is 3.89. The van der Waals surface area contributed by atoms with E-state index < -0.39 is 21.9 Å². The van der Waals surface area contributed by atoms with Crippen LogP contribution in [0.1, 0.15) is 24.8 Å².